The Balaban J connectivity index is 1.50. The third-order valence-corrected chi connectivity index (χ3v) is 5.76. The first-order valence-corrected chi connectivity index (χ1v) is 10.6. The van der Waals surface area contributed by atoms with E-state index in [4.69, 9.17) is 10.5 Å². The first-order chi connectivity index (χ1) is 15.0. The molecule has 31 heavy (non-hydrogen) atoms. The number of nitrogens with zero attached hydrogens (tertiary/aromatic N) is 2. The average Bonchev–Trinajstić information content (AvgIpc) is 2.79. The molecule has 1 aliphatic rings. The van der Waals surface area contributed by atoms with Crippen molar-refractivity contribution < 1.29 is 4.74 Å². The van der Waals surface area contributed by atoms with Gasteiger partial charge in [0.25, 0.3) is 5.56 Å². The maximum absolute atomic E-state index is 12.6. The van der Waals surface area contributed by atoms with Gasteiger partial charge in [-0.25, -0.2) is 4.98 Å². The number of hydrogen-bond donors (Lipinski definition) is 3. The van der Waals surface area contributed by atoms with Crippen LogP contribution in [0.3, 0.4) is 0 Å². The molecule has 0 aliphatic carbocycles. The molecule has 4 N–H and O–H groups in total. The molecule has 0 bridgehead atoms. The fourth-order valence-corrected chi connectivity index (χ4v) is 3.75. The maximum atomic E-state index is 12.6. The minimum atomic E-state index is -0.185. The number of nitrogens with two attached hydrogens (primary N) is 1. The maximum Gasteiger partial charge on any atom is 0.293 e. The van der Waals surface area contributed by atoms with E-state index in [0.29, 0.717) is 17.4 Å². The highest BCUT2D eigenvalue weighted by Gasteiger charge is 2.13. The van der Waals surface area contributed by atoms with Gasteiger partial charge in [-0.3, -0.25) is 4.79 Å². The van der Waals surface area contributed by atoms with Crippen molar-refractivity contribution in [2.24, 2.45) is 7.05 Å². The number of anilines is 3. The van der Waals surface area contributed by atoms with Crippen LogP contribution in [-0.2, 0) is 18.3 Å². The van der Waals surface area contributed by atoms with Crippen LogP contribution in [0.2, 0.25) is 0 Å². The summed E-state index contributed by atoms with van der Waals surface area (Å²) in [7, 11) is 1.73. The van der Waals surface area contributed by atoms with Gasteiger partial charge in [0.1, 0.15) is 0 Å². The van der Waals surface area contributed by atoms with Gasteiger partial charge in [0.15, 0.2) is 5.82 Å². The lowest BCUT2D eigenvalue weighted by Gasteiger charge is -2.23. The summed E-state index contributed by atoms with van der Waals surface area (Å²) < 4.78 is 6.94. The first kappa shape index (κ1) is 21.1. The summed E-state index contributed by atoms with van der Waals surface area (Å²) in [5.74, 6) is 0.287. The van der Waals surface area contributed by atoms with E-state index in [-0.39, 0.29) is 11.4 Å². The monoisotopic (exact) mass is 419 g/mol. The number of hydrogen-bond acceptors (Lipinski definition) is 6. The molecule has 3 aromatic rings. The molecule has 1 fully saturated rings. The molecule has 2 heterocycles. The van der Waals surface area contributed by atoms with Crippen molar-refractivity contribution in [2.45, 2.75) is 32.4 Å². The van der Waals surface area contributed by atoms with Gasteiger partial charge < -0.3 is 25.7 Å². The van der Waals surface area contributed by atoms with E-state index in [1.165, 1.54) is 5.56 Å². The molecule has 162 valence electrons. The molecule has 0 atom stereocenters. The second kappa shape index (κ2) is 9.32. The number of aromatic nitrogens is 2. The third kappa shape index (κ3) is 4.95. The molecule has 0 unspecified atom stereocenters. The second-order valence-corrected chi connectivity index (χ2v) is 8.00. The van der Waals surface area contributed by atoms with Crippen molar-refractivity contribution in [3.8, 4) is 11.3 Å². The Morgan fingerprint density at radius 1 is 1.16 bits per heavy atom. The highest BCUT2D eigenvalue weighted by atomic mass is 16.5. The molecule has 1 aromatic heterocycles. The SMILES string of the molecule is Cc1c(N)cccc1-c1cn(C)c(=O)c(Nc2ccc(CNC3CCOCC3)cc2)n1. The van der Waals surface area contributed by atoms with Gasteiger partial charge in [0.05, 0.1) is 5.69 Å². The predicted octanol–water partition coefficient (Wildman–Crippen LogP) is 3.35. The Morgan fingerprint density at radius 3 is 2.65 bits per heavy atom. The van der Waals surface area contributed by atoms with Crippen LogP contribution in [0.1, 0.15) is 24.0 Å². The van der Waals surface area contributed by atoms with E-state index >= 15 is 0 Å². The Bertz CT molecular complexity index is 1100. The molecule has 7 nitrogen and oxygen atoms in total. The molecule has 0 radical (unpaired) electrons. The standard InChI is InChI=1S/C24H29N5O2/c1-16-20(4-3-5-21(16)25)22-15-29(2)24(30)23(28-22)27-19-8-6-17(7-9-19)14-26-18-10-12-31-13-11-18/h3-9,15,18,26H,10-14,25H2,1-2H3,(H,27,28). The zero-order chi connectivity index (χ0) is 21.8. The van der Waals surface area contributed by atoms with Crippen molar-refractivity contribution >= 4 is 17.2 Å². The zero-order valence-corrected chi connectivity index (χ0v) is 18.0. The van der Waals surface area contributed by atoms with Crippen LogP contribution in [0.5, 0.6) is 0 Å². The van der Waals surface area contributed by atoms with Gasteiger partial charge in [0, 0.05) is 56.0 Å². The van der Waals surface area contributed by atoms with Crippen LogP contribution in [0.15, 0.2) is 53.5 Å². The molecular formula is C24H29N5O2. The smallest absolute Gasteiger partial charge is 0.293 e. The van der Waals surface area contributed by atoms with Crippen LogP contribution in [0, 0.1) is 6.92 Å². The van der Waals surface area contributed by atoms with Gasteiger partial charge in [-0.2, -0.15) is 0 Å². The third-order valence-electron chi connectivity index (χ3n) is 5.76. The summed E-state index contributed by atoms with van der Waals surface area (Å²) in [6.45, 7) is 4.43. The van der Waals surface area contributed by atoms with E-state index in [0.717, 1.165) is 49.4 Å². The summed E-state index contributed by atoms with van der Waals surface area (Å²) >= 11 is 0. The fourth-order valence-electron chi connectivity index (χ4n) is 3.75. The van der Waals surface area contributed by atoms with E-state index in [2.05, 4.69) is 27.8 Å². The number of ether oxygens (including phenoxy) is 1. The summed E-state index contributed by atoms with van der Waals surface area (Å²) in [4.78, 5) is 17.2. The number of aryl methyl sites for hydroxylation is 1. The Morgan fingerprint density at radius 2 is 1.90 bits per heavy atom. The van der Waals surface area contributed by atoms with Crippen LogP contribution in [0.4, 0.5) is 17.2 Å². The lowest BCUT2D eigenvalue weighted by molar-refractivity contribution is 0.0776. The minimum absolute atomic E-state index is 0.185. The molecule has 7 heteroatoms. The lowest BCUT2D eigenvalue weighted by Crippen LogP contribution is -2.34. The second-order valence-electron chi connectivity index (χ2n) is 8.00. The van der Waals surface area contributed by atoms with Gasteiger partial charge >= 0.3 is 0 Å². The van der Waals surface area contributed by atoms with E-state index in [1.54, 1.807) is 17.8 Å². The number of rotatable bonds is 6. The lowest BCUT2D eigenvalue weighted by atomic mass is 10.0. The van der Waals surface area contributed by atoms with Crippen molar-refractivity contribution in [1.29, 1.82) is 0 Å². The van der Waals surface area contributed by atoms with E-state index in [9.17, 15) is 4.79 Å². The van der Waals surface area contributed by atoms with Crippen molar-refractivity contribution in [1.82, 2.24) is 14.9 Å². The molecule has 0 saturated carbocycles. The Hall–Kier alpha value is -3.16. The van der Waals surface area contributed by atoms with Crippen LogP contribution in [-0.4, -0.2) is 28.8 Å². The predicted molar refractivity (Wildman–Crippen MR) is 124 cm³/mol. The fraction of sp³-hybridized carbons (Fsp3) is 0.333. The average molecular weight is 420 g/mol. The van der Waals surface area contributed by atoms with E-state index < -0.39 is 0 Å². The zero-order valence-electron chi connectivity index (χ0n) is 18.0. The van der Waals surface area contributed by atoms with Crippen LogP contribution >= 0.6 is 0 Å². The quantitative estimate of drug-likeness (QED) is 0.531. The Labute approximate surface area is 182 Å². The summed E-state index contributed by atoms with van der Waals surface area (Å²) in [6.07, 6.45) is 3.84. The van der Waals surface area contributed by atoms with Gasteiger partial charge in [-0.15, -0.1) is 0 Å². The number of benzene rings is 2. The van der Waals surface area contributed by atoms with Gasteiger partial charge in [0.2, 0.25) is 0 Å². The van der Waals surface area contributed by atoms with Gasteiger partial charge in [-0.05, 0) is 49.1 Å². The minimum Gasteiger partial charge on any atom is -0.398 e. The normalized spacial score (nSPS) is 14.5. The molecule has 1 aliphatic heterocycles. The summed E-state index contributed by atoms with van der Waals surface area (Å²) in [5.41, 5.74) is 11.1. The molecule has 0 amide bonds. The van der Waals surface area contributed by atoms with E-state index in [1.807, 2.05) is 37.3 Å². The number of nitrogens with one attached hydrogen (secondary N) is 2. The highest BCUT2D eigenvalue weighted by molar-refractivity contribution is 5.71. The van der Waals surface area contributed by atoms with Crippen LogP contribution < -0.4 is 21.9 Å². The first-order valence-electron chi connectivity index (χ1n) is 10.6. The highest BCUT2D eigenvalue weighted by Crippen LogP contribution is 2.26. The van der Waals surface area contributed by atoms with Crippen molar-refractivity contribution in [3.05, 3.63) is 70.1 Å². The molecule has 4 rings (SSSR count). The number of nitrogen functional groups attached to an aromatic ring is 1. The summed E-state index contributed by atoms with van der Waals surface area (Å²) in [5, 5.41) is 6.76. The van der Waals surface area contributed by atoms with Crippen LogP contribution in [0.25, 0.3) is 11.3 Å². The summed E-state index contributed by atoms with van der Waals surface area (Å²) in [6, 6.07) is 14.3. The molecular weight excluding hydrogens is 390 g/mol. The molecule has 0 spiro atoms. The van der Waals surface area contributed by atoms with Gasteiger partial charge in [-0.1, -0.05) is 24.3 Å². The van der Waals surface area contributed by atoms with Crippen molar-refractivity contribution in [3.63, 3.8) is 0 Å². The Kier molecular flexibility index (Phi) is 6.34. The van der Waals surface area contributed by atoms with Crippen molar-refractivity contribution in [2.75, 3.05) is 24.3 Å². The molecule has 2 aromatic carbocycles. The largest absolute Gasteiger partial charge is 0.398 e. The molecule has 1 saturated heterocycles. The topological polar surface area (TPSA) is 94.2 Å².